The van der Waals surface area contributed by atoms with Gasteiger partial charge in [0, 0.05) is 6.20 Å². The van der Waals surface area contributed by atoms with Gasteiger partial charge in [0.05, 0.1) is 0 Å². The van der Waals surface area contributed by atoms with Gasteiger partial charge in [-0.2, -0.15) is 0 Å². The van der Waals surface area contributed by atoms with Crippen molar-refractivity contribution in [3.63, 3.8) is 0 Å². The van der Waals surface area contributed by atoms with E-state index in [1.54, 1.807) is 6.20 Å². The summed E-state index contributed by atoms with van der Waals surface area (Å²) in [7, 11) is 0. The topological polar surface area (TPSA) is 24.9 Å². The van der Waals surface area contributed by atoms with Gasteiger partial charge in [0.2, 0.25) is 0 Å². The second-order valence-corrected chi connectivity index (χ2v) is 1.65. The third-order valence-corrected chi connectivity index (χ3v) is 0.946. The molecule has 0 aliphatic heterocycles. The number of aromatic nitrogens is 1. The van der Waals surface area contributed by atoms with Crippen molar-refractivity contribution in [2.24, 2.45) is 0 Å². The number of hydrogen-bond acceptors (Lipinski definition) is 2. The Kier molecular flexibility index (Phi) is 2.15. The van der Waals surface area contributed by atoms with Crippen LogP contribution < -0.4 is 5.32 Å². The third kappa shape index (κ3) is 1.77. The highest BCUT2D eigenvalue weighted by Crippen LogP contribution is 1.96. The van der Waals surface area contributed by atoms with E-state index in [1.807, 2.05) is 18.2 Å². The van der Waals surface area contributed by atoms with Gasteiger partial charge in [-0.15, -0.1) is 0 Å². The van der Waals surface area contributed by atoms with Gasteiger partial charge >= 0.3 is 0 Å². The highest BCUT2D eigenvalue weighted by Gasteiger charge is 1.82. The van der Waals surface area contributed by atoms with Crippen LogP contribution in [0.15, 0.2) is 24.4 Å². The summed E-state index contributed by atoms with van der Waals surface area (Å²) in [5, 5.41) is 2.66. The van der Waals surface area contributed by atoms with E-state index < -0.39 is 0 Å². The Balaban J connectivity index is 2.72. The fourth-order valence-corrected chi connectivity index (χ4v) is 0.594. The van der Waals surface area contributed by atoms with Crippen LogP contribution >= 0.6 is 12.2 Å². The van der Waals surface area contributed by atoms with E-state index in [1.165, 1.54) is 0 Å². The number of pyridine rings is 1. The lowest BCUT2D eigenvalue weighted by atomic mass is 10.5. The smallest absolute Gasteiger partial charge is 0.140 e. The Labute approximate surface area is 58.9 Å². The molecule has 1 heterocycles. The number of anilines is 1. The molecule has 0 aliphatic carbocycles. The molecule has 0 amide bonds. The van der Waals surface area contributed by atoms with Crippen LogP contribution in [0.5, 0.6) is 0 Å². The fraction of sp³-hybridized carbons (Fsp3) is 0. The Bertz CT molecular complexity index is 186. The Morgan fingerprint density at radius 2 is 2.44 bits per heavy atom. The first-order valence-electron chi connectivity index (χ1n) is 2.47. The SMILES string of the molecule is S=[C]Nc1ccccn1. The molecular weight excluding hydrogens is 132 g/mol. The van der Waals surface area contributed by atoms with Gasteiger partial charge in [0.25, 0.3) is 0 Å². The van der Waals surface area contributed by atoms with E-state index >= 15 is 0 Å². The van der Waals surface area contributed by atoms with Crippen molar-refractivity contribution in [1.82, 2.24) is 4.98 Å². The molecule has 0 unspecified atom stereocenters. The minimum absolute atomic E-state index is 0.729. The van der Waals surface area contributed by atoms with E-state index in [0.717, 1.165) is 5.82 Å². The van der Waals surface area contributed by atoms with Crippen molar-refractivity contribution in [2.45, 2.75) is 0 Å². The fourth-order valence-electron chi connectivity index (χ4n) is 0.489. The summed E-state index contributed by atoms with van der Waals surface area (Å²) in [6.07, 6.45) is 1.69. The zero-order valence-electron chi connectivity index (χ0n) is 4.66. The van der Waals surface area contributed by atoms with Gasteiger partial charge in [0.1, 0.15) is 11.3 Å². The average molecular weight is 137 g/mol. The maximum atomic E-state index is 4.43. The Morgan fingerprint density at radius 3 is 3.00 bits per heavy atom. The number of nitrogens with zero attached hydrogens (tertiary/aromatic N) is 1. The molecule has 1 radical (unpaired) electrons. The minimum atomic E-state index is 0.729. The molecule has 2 nitrogen and oxygen atoms in total. The second-order valence-electron chi connectivity index (χ2n) is 1.44. The molecule has 0 atom stereocenters. The molecule has 1 rings (SSSR count). The lowest BCUT2D eigenvalue weighted by Crippen LogP contribution is -1.92. The van der Waals surface area contributed by atoms with Gasteiger partial charge in [-0.25, -0.2) is 4.98 Å². The monoisotopic (exact) mass is 137 g/mol. The predicted octanol–water partition coefficient (Wildman–Crippen LogP) is 1.33. The van der Waals surface area contributed by atoms with Crippen LogP contribution in [0.1, 0.15) is 0 Å². The number of nitrogens with one attached hydrogen (secondary N) is 1. The van der Waals surface area contributed by atoms with Crippen LogP contribution in [-0.4, -0.2) is 10.5 Å². The number of thiocarbonyl (C=S) groups is 1. The van der Waals surface area contributed by atoms with E-state index in [0.29, 0.717) is 0 Å². The first-order chi connectivity index (χ1) is 4.43. The van der Waals surface area contributed by atoms with Gasteiger partial charge in [0.15, 0.2) is 0 Å². The van der Waals surface area contributed by atoms with E-state index in [2.05, 4.69) is 28.0 Å². The Hall–Kier alpha value is -0.960. The lowest BCUT2D eigenvalue weighted by Gasteiger charge is -1.92. The van der Waals surface area contributed by atoms with E-state index in [-0.39, 0.29) is 0 Å². The minimum Gasteiger partial charge on any atom is -0.329 e. The van der Waals surface area contributed by atoms with E-state index in [4.69, 9.17) is 0 Å². The van der Waals surface area contributed by atoms with Gasteiger partial charge < -0.3 is 5.32 Å². The van der Waals surface area contributed by atoms with Crippen LogP contribution in [0.4, 0.5) is 5.82 Å². The largest absolute Gasteiger partial charge is 0.329 e. The van der Waals surface area contributed by atoms with Crippen molar-refractivity contribution < 1.29 is 0 Å². The molecule has 0 saturated heterocycles. The highest BCUT2D eigenvalue weighted by molar-refractivity contribution is 7.79. The molecule has 3 heteroatoms. The molecule has 0 aromatic carbocycles. The third-order valence-electron chi connectivity index (χ3n) is 0.844. The summed E-state index contributed by atoms with van der Waals surface area (Å²) in [6, 6.07) is 5.54. The van der Waals surface area contributed by atoms with Gasteiger partial charge in [-0.1, -0.05) is 18.3 Å². The van der Waals surface area contributed by atoms with Gasteiger partial charge in [-0.05, 0) is 12.1 Å². The van der Waals surface area contributed by atoms with Crippen LogP contribution in [0.2, 0.25) is 0 Å². The first-order valence-corrected chi connectivity index (χ1v) is 2.88. The molecule has 1 aromatic rings. The summed E-state index contributed by atoms with van der Waals surface area (Å²) >= 11 is 4.43. The molecule has 0 bridgehead atoms. The summed E-state index contributed by atoms with van der Waals surface area (Å²) in [6.45, 7) is 0. The van der Waals surface area contributed by atoms with Crippen molar-refractivity contribution >= 4 is 23.5 Å². The average Bonchev–Trinajstić information content (AvgIpc) is 1.91. The van der Waals surface area contributed by atoms with Crippen LogP contribution in [0.3, 0.4) is 0 Å². The molecule has 0 fully saturated rings. The van der Waals surface area contributed by atoms with Gasteiger partial charge in [-0.3, -0.25) is 0 Å². The summed E-state index contributed by atoms with van der Waals surface area (Å²) in [5.41, 5.74) is 2.35. The normalized spacial score (nSPS) is 8.44. The Morgan fingerprint density at radius 1 is 1.56 bits per heavy atom. The summed E-state index contributed by atoms with van der Waals surface area (Å²) < 4.78 is 0. The quantitative estimate of drug-likeness (QED) is 0.491. The lowest BCUT2D eigenvalue weighted by molar-refractivity contribution is 1.33. The van der Waals surface area contributed by atoms with Crippen LogP contribution in [-0.2, 0) is 0 Å². The van der Waals surface area contributed by atoms with Crippen molar-refractivity contribution in [3.8, 4) is 0 Å². The maximum Gasteiger partial charge on any atom is 0.140 e. The van der Waals surface area contributed by atoms with Crippen LogP contribution in [0, 0.1) is 0 Å². The molecule has 1 N–H and O–H groups in total. The predicted molar refractivity (Wildman–Crippen MR) is 40.5 cm³/mol. The van der Waals surface area contributed by atoms with Crippen molar-refractivity contribution in [1.29, 1.82) is 0 Å². The standard InChI is InChI=1S/C6H5N2S/c9-5-8-6-3-1-2-4-7-6/h1-4H,(H,7,8,9). The molecule has 0 saturated carbocycles. The molecule has 9 heavy (non-hydrogen) atoms. The molecule has 45 valence electrons. The highest BCUT2D eigenvalue weighted by atomic mass is 32.1. The molecule has 1 aromatic heterocycles. The summed E-state index contributed by atoms with van der Waals surface area (Å²) in [4.78, 5) is 3.93. The van der Waals surface area contributed by atoms with E-state index in [9.17, 15) is 0 Å². The number of hydrogen-bond donors (Lipinski definition) is 1. The zero-order valence-corrected chi connectivity index (χ0v) is 5.48. The molecular formula is C6H5N2S. The first kappa shape index (κ1) is 6.16. The zero-order chi connectivity index (χ0) is 6.53. The summed E-state index contributed by atoms with van der Waals surface area (Å²) in [5.74, 6) is 0.729. The van der Waals surface area contributed by atoms with Crippen molar-refractivity contribution in [3.05, 3.63) is 24.4 Å². The van der Waals surface area contributed by atoms with Crippen molar-refractivity contribution in [2.75, 3.05) is 5.32 Å². The second kappa shape index (κ2) is 3.14. The number of rotatable bonds is 2. The maximum absolute atomic E-state index is 4.43. The molecule has 0 spiro atoms. The molecule has 0 aliphatic rings. The van der Waals surface area contributed by atoms with Crippen LogP contribution in [0.25, 0.3) is 0 Å².